The molecule has 0 saturated carbocycles. The van der Waals surface area contributed by atoms with Crippen LogP contribution in [-0.4, -0.2) is 28.8 Å². The predicted octanol–water partition coefficient (Wildman–Crippen LogP) is 2.91. The van der Waals surface area contributed by atoms with Gasteiger partial charge in [-0.25, -0.2) is 26.3 Å². The highest BCUT2D eigenvalue weighted by molar-refractivity contribution is 7.89. The van der Waals surface area contributed by atoms with Gasteiger partial charge in [-0.15, -0.1) is 0 Å². The molecule has 2 rings (SSSR count). The van der Waals surface area contributed by atoms with E-state index >= 15 is 0 Å². The Morgan fingerprint density at radius 2 is 1.45 bits per heavy atom. The van der Waals surface area contributed by atoms with Crippen molar-refractivity contribution in [2.75, 3.05) is 12.0 Å². The topological polar surface area (TPSA) is 92.3 Å². The molecule has 2 N–H and O–H groups in total. The van der Waals surface area contributed by atoms with Crippen molar-refractivity contribution in [3.63, 3.8) is 0 Å². The standard InChI is InChI=1S/C21H30N2O4S2/c1-17(2)21-11-9-19(10-12-21)15-23-29(26,27)13-5-8-18-6-4-7-20(14-18)16-22-28(3,24)25/h4,6-7,9-12,14,17,22-23H,5,8,13,15-16H2,1-3H3. The summed E-state index contributed by atoms with van der Waals surface area (Å²) in [6.45, 7) is 4.75. The van der Waals surface area contributed by atoms with Crippen molar-refractivity contribution in [2.45, 2.75) is 45.7 Å². The van der Waals surface area contributed by atoms with Gasteiger partial charge in [-0.1, -0.05) is 62.4 Å². The molecule has 0 aromatic heterocycles. The predicted molar refractivity (Wildman–Crippen MR) is 118 cm³/mol. The van der Waals surface area contributed by atoms with E-state index in [2.05, 4.69) is 23.3 Å². The Labute approximate surface area is 174 Å². The second-order valence-electron chi connectivity index (χ2n) is 7.55. The van der Waals surface area contributed by atoms with Crippen LogP contribution in [0.5, 0.6) is 0 Å². The highest BCUT2D eigenvalue weighted by Gasteiger charge is 2.10. The Morgan fingerprint density at radius 3 is 2.07 bits per heavy atom. The van der Waals surface area contributed by atoms with Crippen LogP contribution < -0.4 is 9.44 Å². The van der Waals surface area contributed by atoms with E-state index < -0.39 is 20.0 Å². The molecule has 0 fully saturated rings. The summed E-state index contributed by atoms with van der Waals surface area (Å²) >= 11 is 0. The number of sulfonamides is 2. The number of hydrogen-bond acceptors (Lipinski definition) is 4. The van der Waals surface area contributed by atoms with E-state index in [0.717, 1.165) is 22.9 Å². The van der Waals surface area contributed by atoms with Gasteiger partial charge < -0.3 is 0 Å². The largest absolute Gasteiger partial charge is 0.213 e. The summed E-state index contributed by atoms with van der Waals surface area (Å²) in [5, 5.41) is 0. The maximum atomic E-state index is 12.3. The molecule has 6 nitrogen and oxygen atoms in total. The van der Waals surface area contributed by atoms with Crippen molar-refractivity contribution in [1.82, 2.24) is 9.44 Å². The van der Waals surface area contributed by atoms with Crippen LogP contribution in [0.4, 0.5) is 0 Å². The van der Waals surface area contributed by atoms with E-state index in [-0.39, 0.29) is 18.8 Å². The first-order chi connectivity index (χ1) is 13.5. The molecule has 0 aliphatic heterocycles. The molecule has 0 radical (unpaired) electrons. The van der Waals surface area contributed by atoms with Crippen LogP contribution in [0.3, 0.4) is 0 Å². The van der Waals surface area contributed by atoms with Gasteiger partial charge in [0.25, 0.3) is 0 Å². The average Bonchev–Trinajstić information content (AvgIpc) is 2.65. The fourth-order valence-corrected chi connectivity index (χ4v) is 4.35. The zero-order valence-corrected chi connectivity index (χ0v) is 18.8. The van der Waals surface area contributed by atoms with Crippen LogP contribution in [0.1, 0.15) is 48.4 Å². The van der Waals surface area contributed by atoms with Crippen LogP contribution in [-0.2, 0) is 39.6 Å². The molecular weight excluding hydrogens is 408 g/mol. The lowest BCUT2D eigenvalue weighted by Crippen LogP contribution is -2.26. The minimum atomic E-state index is -3.36. The van der Waals surface area contributed by atoms with Gasteiger partial charge in [-0.2, -0.15) is 0 Å². The number of hydrogen-bond donors (Lipinski definition) is 2. The van der Waals surface area contributed by atoms with Crippen molar-refractivity contribution in [2.24, 2.45) is 0 Å². The fraction of sp³-hybridized carbons (Fsp3) is 0.429. The lowest BCUT2D eigenvalue weighted by Gasteiger charge is -2.09. The summed E-state index contributed by atoms with van der Waals surface area (Å²) in [4.78, 5) is 0. The molecule has 160 valence electrons. The molecule has 0 bridgehead atoms. The lowest BCUT2D eigenvalue weighted by atomic mass is 10.0. The zero-order valence-electron chi connectivity index (χ0n) is 17.2. The summed E-state index contributed by atoms with van der Waals surface area (Å²) in [6, 6.07) is 15.5. The first-order valence-corrected chi connectivity index (χ1v) is 13.2. The van der Waals surface area contributed by atoms with E-state index in [1.165, 1.54) is 5.56 Å². The SMILES string of the molecule is CC(C)c1ccc(CNS(=O)(=O)CCCc2cccc(CNS(C)(=O)=O)c2)cc1. The second-order valence-corrected chi connectivity index (χ2v) is 11.3. The van der Waals surface area contributed by atoms with Crippen LogP contribution >= 0.6 is 0 Å². The summed E-state index contributed by atoms with van der Waals surface area (Å²) in [5.41, 5.74) is 3.99. The second kappa shape index (κ2) is 10.3. The molecule has 0 unspecified atom stereocenters. The molecule has 8 heteroatoms. The highest BCUT2D eigenvalue weighted by Crippen LogP contribution is 2.15. The maximum absolute atomic E-state index is 12.3. The molecule has 2 aromatic carbocycles. The van der Waals surface area contributed by atoms with Crippen molar-refractivity contribution in [1.29, 1.82) is 0 Å². The third-order valence-electron chi connectivity index (χ3n) is 4.55. The Kier molecular flexibility index (Phi) is 8.39. The monoisotopic (exact) mass is 438 g/mol. The minimum absolute atomic E-state index is 0.0445. The van der Waals surface area contributed by atoms with Crippen molar-refractivity contribution < 1.29 is 16.8 Å². The zero-order chi connectivity index (χ0) is 21.5. The van der Waals surface area contributed by atoms with Gasteiger partial charge in [-0.3, -0.25) is 0 Å². The first kappa shape index (κ1) is 23.5. The van der Waals surface area contributed by atoms with Gasteiger partial charge in [0.1, 0.15) is 0 Å². The van der Waals surface area contributed by atoms with E-state index in [9.17, 15) is 16.8 Å². The lowest BCUT2D eigenvalue weighted by molar-refractivity contribution is 0.578. The highest BCUT2D eigenvalue weighted by atomic mass is 32.2. The third-order valence-corrected chi connectivity index (χ3v) is 6.63. The van der Waals surface area contributed by atoms with Crippen LogP contribution in [0, 0.1) is 0 Å². The van der Waals surface area contributed by atoms with Gasteiger partial charge in [0.15, 0.2) is 0 Å². The number of benzene rings is 2. The Morgan fingerprint density at radius 1 is 0.828 bits per heavy atom. The first-order valence-electron chi connectivity index (χ1n) is 9.63. The van der Waals surface area contributed by atoms with E-state index in [1.807, 2.05) is 48.5 Å². The van der Waals surface area contributed by atoms with E-state index in [1.54, 1.807) is 0 Å². The summed E-state index contributed by atoms with van der Waals surface area (Å²) in [5.74, 6) is 0.490. The van der Waals surface area contributed by atoms with E-state index in [0.29, 0.717) is 18.8 Å². The average molecular weight is 439 g/mol. The normalized spacial score (nSPS) is 12.4. The minimum Gasteiger partial charge on any atom is -0.213 e. The molecule has 2 aromatic rings. The molecule has 0 saturated heterocycles. The quantitative estimate of drug-likeness (QED) is 0.564. The van der Waals surface area contributed by atoms with Crippen molar-refractivity contribution in [3.8, 4) is 0 Å². The molecule has 0 atom stereocenters. The molecule has 29 heavy (non-hydrogen) atoms. The van der Waals surface area contributed by atoms with Crippen LogP contribution in [0.25, 0.3) is 0 Å². The Hall–Kier alpha value is -1.74. The summed E-state index contributed by atoms with van der Waals surface area (Å²) in [6.07, 6.45) is 2.22. The molecule has 0 aliphatic carbocycles. The Bertz CT molecular complexity index is 999. The maximum Gasteiger partial charge on any atom is 0.211 e. The van der Waals surface area contributed by atoms with Gasteiger partial charge >= 0.3 is 0 Å². The summed E-state index contributed by atoms with van der Waals surface area (Å²) in [7, 11) is -6.60. The molecule has 0 aliphatic rings. The van der Waals surface area contributed by atoms with Gasteiger partial charge in [0.05, 0.1) is 12.0 Å². The number of rotatable bonds is 11. The molecule has 0 amide bonds. The number of aryl methyl sites for hydroxylation is 1. The van der Waals surface area contributed by atoms with Gasteiger partial charge in [-0.05, 0) is 41.0 Å². The van der Waals surface area contributed by atoms with E-state index in [4.69, 9.17) is 0 Å². The Balaban J connectivity index is 1.81. The number of nitrogens with one attached hydrogen (secondary N) is 2. The van der Waals surface area contributed by atoms with Gasteiger partial charge in [0.2, 0.25) is 20.0 Å². The molecule has 0 heterocycles. The van der Waals surface area contributed by atoms with Crippen LogP contribution in [0.15, 0.2) is 48.5 Å². The van der Waals surface area contributed by atoms with Crippen molar-refractivity contribution in [3.05, 3.63) is 70.8 Å². The molecule has 0 spiro atoms. The smallest absolute Gasteiger partial charge is 0.211 e. The third kappa shape index (κ3) is 9.08. The van der Waals surface area contributed by atoms with Gasteiger partial charge in [0, 0.05) is 13.1 Å². The van der Waals surface area contributed by atoms with Crippen molar-refractivity contribution >= 4 is 20.0 Å². The van der Waals surface area contributed by atoms with Crippen LogP contribution in [0.2, 0.25) is 0 Å². The fourth-order valence-electron chi connectivity index (χ4n) is 2.86. The molecular formula is C21H30N2O4S2. The summed E-state index contributed by atoms with van der Waals surface area (Å²) < 4.78 is 52.0.